The summed E-state index contributed by atoms with van der Waals surface area (Å²) in [5.74, 6) is -0.981. The number of hydrogen-bond donors (Lipinski definition) is 1. The summed E-state index contributed by atoms with van der Waals surface area (Å²) in [7, 11) is 0. The van der Waals surface area contributed by atoms with Crippen LogP contribution in [0.25, 0.3) is 0 Å². The van der Waals surface area contributed by atoms with Gasteiger partial charge in [-0.1, -0.05) is 5.16 Å². The van der Waals surface area contributed by atoms with Gasteiger partial charge in [0.1, 0.15) is 6.61 Å². The minimum atomic E-state index is -0.981. The normalized spacial score (nSPS) is 9.64. The molecule has 62 valence electrons. The van der Waals surface area contributed by atoms with Gasteiger partial charge in [0.15, 0.2) is 0 Å². The van der Waals surface area contributed by atoms with Crippen LogP contribution in [0.15, 0.2) is 17.3 Å². The van der Waals surface area contributed by atoms with E-state index in [9.17, 15) is 4.79 Å². The Kier molecular flexibility index (Phi) is 4.81. The van der Waals surface area contributed by atoms with Crippen LogP contribution in [0, 0.1) is 0 Å². The molecule has 0 fully saturated rings. The second-order valence-corrected chi connectivity index (χ2v) is 2.07. The number of carbonyl (C=O) groups is 1. The van der Waals surface area contributed by atoms with Gasteiger partial charge in [-0.15, -0.1) is 0 Å². The highest BCUT2D eigenvalue weighted by Gasteiger charge is 1.83. The van der Waals surface area contributed by atoms with Gasteiger partial charge in [0.05, 0.1) is 5.71 Å². The molecular formula is C7H11NO3. The van der Waals surface area contributed by atoms with E-state index >= 15 is 0 Å². The number of carboxylic acids is 1. The summed E-state index contributed by atoms with van der Waals surface area (Å²) in [5, 5.41) is 11.7. The number of carboxylic acid groups (broad SMARTS) is 1. The van der Waals surface area contributed by atoms with Crippen LogP contribution >= 0.6 is 0 Å². The number of aliphatic carboxylic acids is 1. The minimum absolute atomic E-state index is 0.192. The molecule has 0 spiro atoms. The molecule has 0 atom stereocenters. The zero-order valence-electron chi connectivity index (χ0n) is 6.57. The van der Waals surface area contributed by atoms with Crippen molar-refractivity contribution < 1.29 is 14.7 Å². The fraction of sp³-hybridized carbons (Fsp3) is 0.429. The average molecular weight is 157 g/mol. The first-order chi connectivity index (χ1) is 5.13. The number of oxime groups is 1. The second-order valence-electron chi connectivity index (χ2n) is 2.07. The van der Waals surface area contributed by atoms with Crippen molar-refractivity contribution in [2.75, 3.05) is 6.61 Å². The third-order valence-corrected chi connectivity index (χ3v) is 0.678. The van der Waals surface area contributed by atoms with Crippen LogP contribution in [0.5, 0.6) is 0 Å². The molecule has 0 bridgehead atoms. The number of hydrogen-bond acceptors (Lipinski definition) is 3. The SMILES string of the molecule is CC(C)=NOC/C=C/C(=O)O. The molecule has 4 heteroatoms. The highest BCUT2D eigenvalue weighted by molar-refractivity contribution is 5.79. The van der Waals surface area contributed by atoms with E-state index in [1.165, 1.54) is 6.08 Å². The Morgan fingerprint density at radius 2 is 2.27 bits per heavy atom. The van der Waals surface area contributed by atoms with Crippen LogP contribution in [-0.2, 0) is 9.63 Å². The van der Waals surface area contributed by atoms with Gasteiger partial charge in [-0.3, -0.25) is 0 Å². The van der Waals surface area contributed by atoms with Crippen LogP contribution in [0.1, 0.15) is 13.8 Å². The summed E-state index contributed by atoms with van der Waals surface area (Å²) in [4.78, 5) is 14.6. The van der Waals surface area contributed by atoms with Crippen molar-refractivity contribution in [2.24, 2.45) is 5.16 Å². The molecule has 0 aromatic heterocycles. The van der Waals surface area contributed by atoms with E-state index in [0.717, 1.165) is 11.8 Å². The van der Waals surface area contributed by atoms with Gasteiger partial charge in [0.25, 0.3) is 0 Å². The van der Waals surface area contributed by atoms with E-state index in [4.69, 9.17) is 5.11 Å². The number of rotatable bonds is 4. The Morgan fingerprint density at radius 1 is 1.64 bits per heavy atom. The molecule has 0 aromatic carbocycles. The topological polar surface area (TPSA) is 58.9 Å². The fourth-order valence-corrected chi connectivity index (χ4v) is 0.358. The summed E-state index contributed by atoms with van der Waals surface area (Å²) >= 11 is 0. The predicted octanol–water partition coefficient (Wildman–Crippen LogP) is 1.04. The third kappa shape index (κ3) is 8.68. The first-order valence-corrected chi connectivity index (χ1v) is 3.15. The first kappa shape index (κ1) is 9.68. The summed E-state index contributed by atoms with van der Waals surface area (Å²) < 4.78 is 0. The van der Waals surface area contributed by atoms with Gasteiger partial charge in [0.2, 0.25) is 0 Å². The van der Waals surface area contributed by atoms with Gasteiger partial charge in [-0.05, 0) is 19.9 Å². The lowest BCUT2D eigenvalue weighted by Gasteiger charge is -1.91. The highest BCUT2D eigenvalue weighted by atomic mass is 16.6. The van der Waals surface area contributed by atoms with Crippen molar-refractivity contribution in [2.45, 2.75) is 13.8 Å². The molecule has 0 radical (unpaired) electrons. The maximum Gasteiger partial charge on any atom is 0.328 e. The van der Waals surface area contributed by atoms with E-state index in [1.54, 1.807) is 13.8 Å². The Balaban J connectivity index is 3.42. The first-order valence-electron chi connectivity index (χ1n) is 3.15. The Morgan fingerprint density at radius 3 is 2.73 bits per heavy atom. The molecule has 4 nitrogen and oxygen atoms in total. The second kappa shape index (κ2) is 5.46. The van der Waals surface area contributed by atoms with Crippen LogP contribution in [0.2, 0.25) is 0 Å². The van der Waals surface area contributed by atoms with Gasteiger partial charge < -0.3 is 9.94 Å². The molecule has 0 rings (SSSR count). The third-order valence-electron chi connectivity index (χ3n) is 0.678. The molecule has 0 saturated carbocycles. The maximum atomic E-state index is 9.92. The summed E-state index contributed by atoms with van der Waals surface area (Å²) in [6.07, 6.45) is 2.40. The predicted molar refractivity (Wildman–Crippen MR) is 41.5 cm³/mol. The molecule has 0 heterocycles. The lowest BCUT2D eigenvalue weighted by atomic mass is 10.5. The van der Waals surface area contributed by atoms with Crippen molar-refractivity contribution in [3.63, 3.8) is 0 Å². The molecule has 0 saturated heterocycles. The number of nitrogens with zero attached hydrogens (tertiary/aromatic N) is 1. The highest BCUT2D eigenvalue weighted by Crippen LogP contribution is 1.81. The molecule has 0 unspecified atom stereocenters. The smallest absolute Gasteiger partial charge is 0.328 e. The van der Waals surface area contributed by atoms with E-state index < -0.39 is 5.97 Å². The van der Waals surface area contributed by atoms with Gasteiger partial charge in [-0.2, -0.15) is 0 Å². The van der Waals surface area contributed by atoms with Crippen molar-refractivity contribution in [3.05, 3.63) is 12.2 Å². The quantitative estimate of drug-likeness (QED) is 0.287. The van der Waals surface area contributed by atoms with Crippen molar-refractivity contribution >= 4 is 11.7 Å². The Hall–Kier alpha value is -1.32. The molecule has 0 aliphatic rings. The average Bonchev–Trinajstić information content (AvgIpc) is 1.85. The molecule has 0 amide bonds. The van der Waals surface area contributed by atoms with Gasteiger partial charge >= 0.3 is 5.97 Å². The molecule has 0 aliphatic heterocycles. The molecule has 0 aromatic rings. The molecular weight excluding hydrogens is 146 g/mol. The lowest BCUT2D eigenvalue weighted by Crippen LogP contribution is -1.90. The van der Waals surface area contributed by atoms with E-state index in [0.29, 0.717) is 0 Å². The van der Waals surface area contributed by atoms with Crippen LogP contribution < -0.4 is 0 Å². The fourth-order valence-electron chi connectivity index (χ4n) is 0.358. The van der Waals surface area contributed by atoms with Crippen LogP contribution in [0.3, 0.4) is 0 Å². The summed E-state index contributed by atoms with van der Waals surface area (Å²) in [6.45, 7) is 3.78. The standard InChI is InChI=1S/C7H11NO3/c1-6(2)8-11-5-3-4-7(9)10/h3-4H,5H2,1-2H3,(H,9,10)/b4-3+. The van der Waals surface area contributed by atoms with E-state index in [1.807, 2.05) is 0 Å². The monoisotopic (exact) mass is 157 g/mol. The van der Waals surface area contributed by atoms with Gasteiger partial charge in [0, 0.05) is 6.08 Å². The van der Waals surface area contributed by atoms with Crippen molar-refractivity contribution in [3.8, 4) is 0 Å². The van der Waals surface area contributed by atoms with Gasteiger partial charge in [-0.25, -0.2) is 4.79 Å². The molecule has 11 heavy (non-hydrogen) atoms. The maximum absolute atomic E-state index is 9.92. The molecule has 0 aliphatic carbocycles. The molecule has 1 N–H and O–H groups in total. The summed E-state index contributed by atoms with van der Waals surface area (Å²) in [6, 6.07) is 0. The summed E-state index contributed by atoms with van der Waals surface area (Å²) in [5.41, 5.74) is 0.800. The van der Waals surface area contributed by atoms with Crippen LogP contribution in [-0.4, -0.2) is 23.4 Å². The zero-order valence-corrected chi connectivity index (χ0v) is 6.57. The van der Waals surface area contributed by atoms with Crippen molar-refractivity contribution in [1.29, 1.82) is 0 Å². The Labute approximate surface area is 65.2 Å². The Bertz CT molecular complexity index is 180. The van der Waals surface area contributed by atoms with E-state index in [-0.39, 0.29) is 6.61 Å². The minimum Gasteiger partial charge on any atom is -0.478 e. The lowest BCUT2D eigenvalue weighted by molar-refractivity contribution is -0.131. The van der Waals surface area contributed by atoms with Crippen molar-refractivity contribution in [1.82, 2.24) is 0 Å². The van der Waals surface area contributed by atoms with E-state index in [2.05, 4.69) is 9.99 Å². The largest absolute Gasteiger partial charge is 0.478 e. The zero-order chi connectivity index (χ0) is 8.69. The van der Waals surface area contributed by atoms with Crippen LogP contribution in [0.4, 0.5) is 0 Å².